The van der Waals surface area contributed by atoms with E-state index in [9.17, 15) is 14.3 Å². The molecule has 1 rings (SSSR count). The highest BCUT2D eigenvalue weighted by atomic mass is 19.1. The number of nitrogens with one attached hydrogen (secondary N) is 1. The Kier molecular flexibility index (Phi) is 5.09. The van der Waals surface area contributed by atoms with Crippen LogP contribution in [0.15, 0.2) is 18.2 Å². The molecule has 1 atom stereocenters. The third kappa shape index (κ3) is 4.33. The summed E-state index contributed by atoms with van der Waals surface area (Å²) in [7, 11) is 0. The van der Waals surface area contributed by atoms with E-state index in [1.807, 2.05) is 13.8 Å². The summed E-state index contributed by atoms with van der Waals surface area (Å²) in [5.41, 5.74) is 0.203. The first-order valence-corrected chi connectivity index (χ1v) is 5.80. The van der Waals surface area contributed by atoms with Crippen LogP contribution in [-0.2, 0) is 4.79 Å². The largest absolute Gasteiger partial charge is 0.484 e. The first kappa shape index (κ1) is 14.4. The van der Waals surface area contributed by atoms with E-state index in [2.05, 4.69) is 5.32 Å². The van der Waals surface area contributed by atoms with Crippen molar-refractivity contribution in [2.24, 2.45) is 0 Å². The highest BCUT2D eigenvalue weighted by molar-refractivity contribution is 5.77. The lowest BCUT2D eigenvalue weighted by Crippen LogP contribution is -2.34. The van der Waals surface area contributed by atoms with E-state index in [4.69, 9.17) is 4.74 Å². The molecule has 1 aromatic carbocycles. The molecule has 0 aliphatic carbocycles. The van der Waals surface area contributed by atoms with E-state index in [0.29, 0.717) is 0 Å². The number of amides is 1. The fourth-order valence-corrected chi connectivity index (χ4v) is 1.45. The normalized spacial score (nSPS) is 12.3. The van der Waals surface area contributed by atoms with E-state index >= 15 is 0 Å². The lowest BCUT2D eigenvalue weighted by molar-refractivity contribution is -0.123. The van der Waals surface area contributed by atoms with Gasteiger partial charge in [0.1, 0.15) is 11.6 Å². The molecule has 0 aromatic heterocycles. The summed E-state index contributed by atoms with van der Waals surface area (Å²) in [6.45, 7) is 5.00. The van der Waals surface area contributed by atoms with Crippen LogP contribution in [0.3, 0.4) is 0 Å². The zero-order valence-electron chi connectivity index (χ0n) is 10.7. The van der Waals surface area contributed by atoms with Gasteiger partial charge >= 0.3 is 0 Å². The molecular formula is C13H18FNO3. The maximum Gasteiger partial charge on any atom is 0.258 e. The summed E-state index contributed by atoms with van der Waals surface area (Å²) < 4.78 is 18.6. The van der Waals surface area contributed by atoms with Gasteiger partial charge in [0.15, 0.2) is 6.61 Å². The lowest BCUT2D eigenvalue weighted by Gasteiger charge is -2.11. The third-order valence-electron chi connectivity index (χ3n) is 2.24. The second-order valence-corrected chi connectivity index (χ2v) is 4.37. The molecule has 1 aromatic rings. The molecule has 1 amide bonds. The highest BCUT2D eigenvalue weighted by Gasteiger charge is 2.10. The highest BCUT2D eigenvalue weighted by Crippen LogP contribution is 2.21. The van der Waals surface area contributed by atoms with Gasteiger partial charge in [0, 0.05) is 17.7 Å². The monoisotopic (exact) mass is 255 g/mol. The average Bonchev–Trinajstić information content (AvgIpc) is 2.25. The number of hydrogen-bond donors (Lipinski definition) is 2. The Bertz CT molecular complexity index is 419. The number of aliphatic hydroxyl groups is 1. The number of benzene rings is 1. The van der Waals surface area contributed by atoms with Gasteiger partial charge in [0.25, 0.3) is 5.91 Å². The Balaban J connectivity index is 2.59. The van der Waals surface area contributed by atoms with Crippen molar-refractivity contribution in [2.75, 3.05) is 6.61 Å². The van der Waals surface area contributed by atoms with Crippen LogP contribution in [0.2, 0.25) is 0 Å². The number of carbonyl (C=O) groups excluding carboxylic acids is 1. The fraction of sp³-hybridized carbons (Fsp3) is 0.462. The average molecular weight is 255 g/mol. The number of aliphatic hydroxyl groups excluding tert-OH is 1. The zero-order valence-corrected chi connectivity index (χ0v) is 10.7. The molecule has 5 heteroatoms. The molecule has 0 spiro atoms. The summed E-state index contributed by atoms with van der Waals surface area (Å²) in [4.78, 5) is 11.3. The molecule has 0 fully saturated rings. The van der Waals surface area contributed by atoms with Crippen molar-refractivity contribution in [2.45, 2.75) is 32.9 Å². The van der Waals surface area contributed by atoms with E-state index in [1.54, 1.807) is 0 Å². The molecule has 100 valence electrons. The predicted molar refractivity (Wildman–Crippen MR) is 65.8 cm³/mol. The Labute approximate surface area is 106 Å². The summed E-state index contributed by atoms with van der Waals surface area (Å²) in [6.07, 6.45) is -0.872. The second-order valence-electron chi connectivity index (χ2n) is 4.37. The van der Waals surface area contributed by atoms with Crippen LogP contribution in [0, 0.1) is 5.82 Å². The molecule has 4 nitrogen and oxygen atoms in total. The summed E-state index contributed by atoms with van der Waals surface area (Å²) in [6, 6.07) is 4.16. The Hall–Kier alpha value is -1.62. The molecule has 0 aliphatic rings. The number of rotatable bonds is 5. The molecule has 0 saturated heterocycles. The van der Waals surface area contributed by atoms with Gasteiger partial charge in [0.05, 0.1) is 6.10 Å². The van der Waals surface area contributed by atoms with Gasteiger partial charge < -0.3 is 15.2 Å². The summed E-state index contributed by atoms with van der Waals surface area (Å²) >= 11 is 0. The van der Waals surface area contributed by atoms with Crippen LogP contribution in [0.5, 0.6) is 5.75 Å². The minimum absolute atomic E-state index is 0.0375. The van der Waals surface area contributed by atoms with Crippen molar-refractivity contribution >= 4 is 5.91 Å². The zero-order chi connectivity index (χ0) is 13.7. The van der Waals surface area contributed by atoms with Gasteiger partial charge in [-0.1, -0.05) is 0 Å². The quantitative estimate of drug-likeness (QED) is 0.843. The molecule has 18 heavy (non-hydrogen) atoms. The number of halogens is 1. The minimum atomic E-state index is -0.872. The number of ether oxygens (including phenoxy) is 1. The smallest absolute Gasteiger partial charge is 0.258 e. The van der Waals surface area contributed by atoms with Gasteiger partial charge in [-0.05, 0) is 32.9 Å². The first-order chi connectivity index (χ1) is 8.40. The molecule has 2 N–H and O–H groups in total. The Morgan fingerprint density at radius 1 is 1.44 bits per heavy atom. The van der Waals surface area contributed by atoms with Gasteiger partial charge in [-0.25, -0.2) is 4.39 Å². The topological polar surface area (TPSA) is 58.6 Å². The van der Waals surface area contributed by atoms with Crippen LogP contribution in [0.25, 0.3) is 0 Å². The van der Waals surface area contributed by atoms with Crippen LogP contribution < -0.4 is 10.1 Å². The number of hydrogen-bond acceptors (Lipinski definition) is 3. The van der Waals surface area contributed by atoms with E-state index in [0.717, 1.165) is 6.07 Å². The van der Waals surface area contributed by atoms with Crippen LogP contribution in [0.1, 0.15) is 32.4 Å². The lowest BCUT2D eigenvalue weighted by atomic mass is 10.1. The van der Waals surface area contributed by atoms with Gasteiger partial charge in [-0.15, -0.1) is 0 Å². The maximum absolute atomic E-state index is 13.5. The Morgan fingerprint density at radius 2 is 2.11 bits per heavy atom. The fourth-order valence-electron chi connectivity index (χ4n) is 1.45. The van der Waals surface area contributed by atoms with Crippen molar-refractivity contribution in [3.63, 3.8) is 0 Å². The summed E-state index contributed by atoms with van der Waals surface area (Å²) in [5.74, 6) is -0.549. The van der Waals surface area contributed by atoms with Crippen LogP contribution in [0.4, 0.5) is 4.39 Å². The van der Waals surface area contributed by atoms with Gasteiger partial charge in [-0.3, -0.25) is 4.79 Å². The molecule has 0 bridgehead atoms. The van der Waals surface area contributed by atoms with E-state index in [-0.39, 0.29) is 29.9 Å². The SMILES string of the molecule is CC(C)NC(=O)COc1ccc(C(C)O)c(F)c1. The summed E-state index contributed by atoms with van der Waals surface area (Å²) in [5, 5.41) is 11.9. The molecule has 0 radical (unpaired) electrons. The van der Waals surface area contributed by atoms with Gasteiger partial charge in [-0.2, -0.15) is 0 Å². The van der Waals surface area contributed by atoms with E-state index < -0.39 is 11.9 Å². The predicted octanol–water partition coefficient (Wildman–Crippen LogP) is 1.78. The second kappa shape index (κ2) is 6.35. The van der Waals surface area contributed by atoms with Crippen molar-refractivity contribution in [3.05, 3.63) is 29.6 Å². The maximum atomic E-state index is 13.5. The molecular weight excluding hydrogens is 237 g/mol. The van der Waals surface area contributed by atoms with Crippen molar-refractivity contribution in [3.8, 4) is 5.75 Å². The minimum Gasteiger partial charge on any atom is -0.484 e. The van der Waals surface area contributed by atoms with Crippen molar-refractivity contribution < 1.29 is 19.0 Å². The van der Waals surface area contributed by atoms with E-state index in [1.165, 1.54) is 19.1 Å². The molecule has 0 heterocycles. The van der Waals surface area contributed by atoms with Crippen LogP contribution in [-0.4, -0.2) is 23.7 Å². The number of carbonyl (C=O) groups is 1. The Morgan fingerprint density at radius 3 is 2.61 bits per heavy atom. The first-order valence-electron chi connectivity index (χ1n) is 5.80. The molecule has 0 saturated carbocycles. The standard InChI is InChI=1S/C13H18FNO3/c1-8(2)15-13(17)7-18-10-4-5-11(9(3)16)12(14)6-10/h4-6,8-9,16H,7H2,1-3H3,(H,15,17). The van der Waals surface area contributed by atoms with Gasteiger partial charge in [0.2, 0.25) is 0 Å². The molecule has 1 unspecified atom stereocenters. The molecule has 0 aliphatic heterocycles. The third-order valence-corrected chi connectivity index (χ3v) is 2.24. The van der Waals surface area contributed by atoms with Crippen molar-refractivity contribution in [1.29, 1.82) is 0 Å². The van der Waals surface area contributed by atoms with Crippen molar-refractivity contribution in [1.82, 2.24) is 5.32 Å². The van der Waals surface area contributed by atoms with Crippen LogP contribution >= 0.6 is 0 Å².